The number of hydrogen-bond donors (Lipinski definition) is 1. The molecule has 0 saturated carbocycles. The number of thioether (sulfide) groups is 1. The summed E-state index contributed by atoms with van der Waals surface area (Å²) < 4.78 is 1.09. The molecular formula is C13H11BrClNS. The van der Waals surface area contributed by atoms with Gasteiger partial charge in [-0.3, -0.25) is 0 Å². The highest BCUT2D eigenvalue weighted by atomic mass is 79.9. The molecule has 0 bridgehead atoms. The van der Waals surface area contributed by atoms with Crippen molar-refractivity contribution in [3.63, 3.8) is 0 Å². The van der Waals surface area contributed by atoms with Crippen LogP contribution in [0.15, 0.2) is 51.8 Å². The van der Waals surface area contributed by atoms with E-state index >= 15 is 0 Å². The van der Waals surface area contributed by atoms with Crippen LogP contribution in [0.1, 0.15) is 5.56 Å². The number of anilines is 1. The van der Waals surface area contributed by atoms with Gasteiger partial charge < -0.3 is 5.73 Å². The molecule has 1 nitrogen and oxygen atoms in total. The Morgan fingerprint density at radius 3 is 2.47 bits per heavy atom. The van der Waals surface area contributed by atoms with Gasteiger partial charge in [0.2, 0.25) is 0 Å². The van der Waals surface area contributed by atoms with E-state index in [2.05, 4.69) is 28.1 Å². The van der Waals surface area contributed by atoms with Crippen LogP contribution >= 0.6 is 39.3 Å². The summed E-state index contributed by atoms with van der Waals surface area (Å²) in [6.45, 7) is 0. The molecule has 0 heterocycles. The summed E-state index contributed by atoms with van der Waals surface area (Å²) >= 11 is 11.2. The van der Waals surface area contributed by atoms with Crippen molar-refractivity contribution in [3.8, 4) is 0 Å². The van der Waals surface area contributed by atoms with Crippen LogP contribution in [0, 0.1) is 0 Å². The van der Waals surface area contributed by atoms with Gasteiger partial charge in [0.1, 0.15) is 0 Å². The third kappa shape index (κ3) is 3.66. The Kier molecular flexibility index (Phi) is 4.37. The van der Waals surface area contributed by atoms with Crippen molar-refractivity contribution < 1.29 is 0 Å². The van der Waals surface area contributed by atoms with Gasteiger partial charge >= 0.3 is 0 Å². The molecule has 2 N–H and O–H groups in total. The molecule has 0 saturated heterocycles. The van der Waals surface area contributed by atoms with Gasteiger partial charge in [0.25, 0.3) is 0 Å². The Morgan fingerprint density at radius 1 is 1.12 bits per heavy atom. The van der Waals surface area contributed by atoms with E-state index in [1.807, 2.05) is 24.3 Å². The van der Waals surface area contributed by atoms with Crippen LogP contribution in [-0.2, 0) is 5.75 Å². The molecule has 17 heavy (non-hydrogen) atoms. The first kappa shape index (κ1) is 12.8. The SMILES string of the molecule is Nc1ccc(SCc2ccc(Br)cc2)c(Cl)c1. The summed E-state index contributed by atoms with van der Waals surface area (Å²) in [6, 6.07) is 13.9. The van der Waals surface area contributed by atoms with Gasteiger partial charge in [-0.25, -0.2) is 0 Å². The molecule has 0 amide bonds. The lowest BCUT2D eigenvalue weighted by Gasteiger charge is -2.05. The molecule has 0 radical (unpaired) electrons. The van der Waals surface area contributed by atoms with Crippen LogP contribution in [0.25, 0.3) is 0 Å². The van der Waals surface area contributed by atoms with E-state index in [4.69, 9.17) is 17.3 Å². The monoisotopic (exact) mass is 327 g/mol. The first-order valence-corrected chi connectivity index (χ1v) is 7.23. The minimum absolute atomic E-state index is 0.697. The zero-order valence-corrected chi connectivity index (χ0v) is 12.1. The molecule has 0 unspecified atom stereocenters. The van der Waals surface area contributed by atoms with Gasteiger partial charge in [-0.2, -0.15) is 0 Å². The van der Waals surface area contributed by atoms with Crippen LogP contribution < -0.4 is 5.73 Å². The quantitative estimate of drug-likeness (QED) is 0.635. The van der Waals surface area contributed by atoms with Crippen molar-refractivity contribution in [3.05, 3.63) is 57.5 Å². The maximum Gasteiger partial charge on any atom is 0.0562 e. The zero-order valence-electron chi connectivity index (χ0n) is 8.99. The lowest BCUT2D eigenvalue weighted by Crippen LogP contribution is -1.85. The number of nitrogen functional groups attached to an aromatic ring is 1. The predicted molar refractivity (Wildman–Crippen MR) is 79.6 cm³/mol. The average Bonchev–Trinajstić information content (AvgIpc) is 2.30. The summed E-state index contributed by atoms with van der Waals surface area (Å²) in [5, 5.41) is 0.715. The van der Waals surface area contributed by atoms with E-state index < -0.39 is 0 Å². The smallest absolute Gasteiger partial charge is 0.0562 e. The van der Waals surface area contributed by atoms with Crippen LogP contribution in [0.3, 0.4) is 0 Å². The topological polar surface area (TPSA) is 26.0 Å². The molecule has 2 rings (SSSR count). The number of halogens is 2. The largest absolute Gasteiger partial charge is 0.399 e. The fraction of sp³-hybridized carbons (Fsp3) is 0.0769. The van der Waals surface area contributed by atoms with Gasteiger partial charge in [-0.15, -0.1) is 11.8 Å². The van der Waals surface area contributed by atoms with Crippen molar-refractivity contribution in [1.82, 2.24) is 0 Å². The van der Waals surface area contributed by atoms with E-state index in [1.165, 1.54) is 5.56 Å². The Bertz CT molecular complexity index is 513. The first-order chi connectivity index (χ1) is 8.15. The Morgan fingerprint density at radius 2 is 1.82 bits per heavy atom. The summed E-state index contributed by atoms with van der Waals surface area (Å²) in [4.78, 5) is 1.06. The second kappa shape index (κ2) is 5.80. The Balaban J connectivity index is 2.04. The number of nitrogens with two attached hydrogens (primary N) is 1. The summed E-state index contributed by atoms with van der Waals surface area (Å²) in [7, 11) is 0. The molecule has 0 atom stereocenters. The summed E-state index contributed by atoms with van der Waals surface area (Å²) in [5.41, 5.74) is 7.62. The first-order valence-electron chi connectivity index (χ1n) is 5.07. The molecule has 0 aromatic heterocycles. The molecule has 0 aliphatic heterocycles. The van der Waals surface area contributed by atoms with Gasteiger partial charge in [0, 0.05) is 20.8 Å². The predicted octanol–water partition coefficient (Wildman–Crippen LogP) is 4.98. The van der Waals surface area contributed by atoms with E-state index in [1.54, 1.807) is 17.8 Å². The van der Waals surface area contributed by atoms with Crippen molar-refractivity contribution in [2.75, 3.05) is 5.73 Å². The van der Waals surface area contributed by atoms with E-state index in [9.17, 15) is 0 Å². The second-order valence-corrected chi connectivity index (χ2v) is 5.95. The van der Waals surface area contributed by atoms with Crippen LogP contribution in [0.2, 0.25) is 5.02 Å². The lowest BCUT2D eigenvalue weighted by molar-refractivity contribution is 1.37. The van der Waals surface area contributed by atoms with Gasteiger partial charge in [0.05, 0.1) is 5.02 Å². The normalized spacial score (nSPS) is 10.5. The maximum atomic E-state index is 6.11. The van der Waals surface area contributed by atoms with Crippen molar-refractivity contribution in [2.24, 2.45) is 0 Å². The van der Waals surface area contributed by atoms with Gasteiger partial charge in [-0.1, -0.05) is 39.7 Å². The minimum Gasteiger partial charge on any atom is -0.399 e. The zero-order chi connectivity index (χ0) is 12.3. The van der Waals surface area contributed by atoms with E-state index in [0.717, 1.165) is 15.1 Å². The summed E-state index contributed by atoms with van der Waals surface area (Å²) in [5.74, 6) is 0.900. The number of benzene rings is 2. The maximum absolute atomic E-state index is 6.11. The molecule has 0 aliphatic rings. The highest BCUT2D eigenvalue weighted by Crippen LogP contribution is 2.31. The third-order valence-electron chi connectivity index (χ3n) is 2.26. The molecule has 2 aromatic rings. The van der Waals surface area contributed by atoms with Gasteiger partial charge in [-0.05, 0) is 35.9 Å². The van der Waals surface area contributed by atoms with Crippen molar-refractivity contribution in [2.45, 2.75) is 10.6 Å². The van der Waals surface area contributed by atoms with E-state index in [-0.39, 0.29) is 0 Å². The second-order valence-electron chi connectivity index (χ2n) is 3.61. The fourth-order valence-electron chi connectivity index (χ4n) is 1.38. The standard InChI is InChI=1S/C13H11BrClNS/c14-10-3-1-9(2-4-10)8-17-13-6-5-11(16)7-12(13)15/h1-7H,8,16H2. The molecule has 4 heteroatoms. The highest BCUT2D eigenvalue weighted by Gasteiger charge is 2.02. The van der Waals surface area contributed by atoms with Crippen LogP contribution in [0.5, 0.6) is 0 Å². The van der Waals surface area contributed by atoms with Crippen LogP contribution in [0.4, 0.5) is 5.69 Å². The molecule has 0 spiro atoms. The molecule has 88 valence electrons. The minimum atomic E-state index is 0.697. The fourth-order valence-corrected chi connectivity index (χ4v) is 2.87. The molecule has 0 aliphatic carbocycles. The molecule has 2 aromatic carbocycles. The van der Waals surface area contributed by atoms with Crippen molar-refractivity contribution in [1.29, 1.82) is 0 Å². The van der Waals surface area contributed by atoms with E-state index in [0.29, 0.717) is 10.7 Å². The number of hydrogen-bond acceptors (Lipinski definition) is 2. The highest BCUT2D eigenvalue weighted by molar-refractivity contribution is 9.10. The van der Waals surface area contributed by atoms with Crippen LogP contribution in [-0.4, -0.2) is 0 Å². The lowest BCUT2D eigenvalue weighted by atomic mass is 10.2. The van der Waals surface area contributed by atoms with Crippen molar-refractivity contribution >= 4 is 45.0 Å². The van der Waals surface area contributed by atoms with Gasteiger partial charge in [0.15, 0.2) is 0 Å². The Labute approximate surface area is 118 Å². The average molecular weight is 329 g/mol. The third-order valence-corrected chi connectivity index (χ3v) is 4.36. The number of rotatable bonds is 3. The molecular weight excluding hydrogens is 318 g/mol. The summed E-state index contributed by atoms with van der Waals surface area (Å²) in [6.07, 6.45) is 0. The molecule has 0 fully saturated rings. The Hall–Kier alpha value is -0.640.